The zero-order valence-corrected chi connectivity index (χ0v) is 17.1. The van der Waals surface area contributed by atoms with E-state index in [2.05, 4.69) is 5.32 Å². The van der Waals surface area contributed by atoms with Crippen molar-refractivity contribution in [1.29, 1.82) is 0 Å². The van der Waals surface area contributed by atoms with Gasteiger partial charge < -0.3 is 21.9 Å². The number of nitrogens with one attached hydrogen (secondary N) is 1. The molecule has 0 radical (unpaired) electrons. The van der Waals surface area contributed by atoms with E-state index in [0.717, 1.165) is 0 Å². The van der Waals surface area contributed by atoms with Crippen LogP contribution in [0, 0.1) is 0 Å². The number of halogens is 6. The van der Waals surface area contributed by atoms with E-state index in [0.29, 0.717) is 22.9 Å². The molecule has 0 unspecified atom stereocenters. The number of aromatic carboxylic acids is 1. The molecule has 6 N–H and O–H groups in total. The molecule has 3 aromatic carbocycles. The van der Waals surface area contributed by atoms with Gasteiger partial charge in [0.2, 0.25) is 0 Å². The third-order valence-electron chi connectivity index (χ3n) is 4.82. The Labute approximate surface area is 188 Å². The Kier molecular flexibility index (Phi) is 6.49. The quantitative estimate of drug-likeness (QED) is 0.426. The molecule has 3 rings (SSSR count). The molecule has 0 saturated heterocycles. The van der Waals surface area contributed by atoms with Crippen LogP contribution in [0.3, 0.4) is 0 Å². The van der Waals surface area contributed by atoms with Crippen molar-refractivity contribution in [3.05, 3.63) is 99.4 Å². The van der Waals surface area contributed by atoms with Crippen LogP contribution in [-0.4, -0.2) is 11.1 Å². The molecule has 178 valence electrons. The Balaban J connectivity index is 2.16. The second-order valence-electron chi connectivity index (χ2n) is 7.17. The van der Waals surface area contributed by atoms with E-state index in [-0.39, 0.29) is 28.4 Å². The molecule has 0 spiro atoms. The van der Waals surface area contributed by atoms with Gasteiger partial charge in [-0.3, -0.25) is 0 Å². The van der Waals surface area contributed by atoms with Gasteiger partial charge in [0, 0.05) is 21.8 Å². The summed E-state index contributed by atoms with van der Waals surface area (Å²) in [5.74, 6) is -1.38. The number of benzene rings is 3. The second-order valence-corrected chi connectivity index (χ2v) is 7.17. The molecule has 0 aliphatic heterocycles. The SMILES string of the molecule is N/C(c1ccc(C(=O)O)cc1)=c1/cccc/c1=C(/N)Nc1cc(C(F)(F)F)cc(C(F)(F)F)c1. The van der Waals surface area contributed by atoms with Crippen LogP contribution in [0.1, 0.15) is 27.0 Å². The number of carboxylic acid groups (broad SMARTS) is 1. The summed E-state index contributed by atoms with van der Waals surface area (Å²) in [6.45, 7) is 0. The van der Waals surface area contributed by atoms with Crippen LogP contribution in [-0.2, 0) is 12.4 Å². The zero-order chi connectivity index (χ0) is 25.3. The van der Waals surface area contributed by atoms with E-state index in [9.17, 15) is 31.1 Å². The topological polar surface area (TPSA) is 101 Å². The number of alkyl halides is 6. The molecule has 0 bridgehead atoms. The Morgan fingerprint density at radius 2 is 1.21 bits per heavy atom. The van der Waals surface area contributed by atoms with Crippen molar-refractivity contribution < 1.29 is 36.2 Å². The van der Waals surface area contributed by atoms with Gasteiger partial charge in [0.1, 0.15) is 5.82 Å². The average molecular weight is 481 g/mol. The zero-order valence-electron chi connectivity index (χ0n) is 17.1. The highest BCUT2D eigenvalue weighted by Gasteiger charge is 2.37. The maximum atomic E-state index is 13.1. The fraction of sp³-hybridized carbons (Fsp3) is 0.0870. The molecular weight excluding hydrogens is 464 g/mol. The van der Waals surface area contributed by atoms with Crippen molar-refractivity contribution in [3.63, 3.8) is 0 Å². The molecule has 0 amide bonds. The lowest BCUT2D eigenvalue weighted by Crippen LogP contribution is -2.35. The normalized spacial score (nSPS) is 13.8. The smallest absolute Gasteiger partial charge is 0.416 e. The summed E-state index contributed by atoms with van der Waals surface area (Å²) in [4.78, 5) is 11.0. The first-order valence-electron chi connectivity index (χ1n) is 9.52. The lowest BCUT2D eigenvalue weighted by molar-refractivity contribution is -0.143. The van der Waals surface area contributed by atoms with Crippen molar-refractivity contribution in [3.8, 4) is 0 Å². The van der Waals surface area contributed by atoms with Crippen LogP contribution in [0.4, 0.5) is 32.0 Å². The minimum Gasteiger partial charge on any atom is -0.478 e. The fourth-order valence-corrected chi connectivity index (χ4v) is 3.15. The Hall–Kier alpha value is -4.15. The van der Waals surface area contributed by atoms with Gasteiger partial charge in [-0.15, -0.1) is 0 Å². The average Bonchev–Trinajstić information content (AvgIpc) is 2.77. The molecule has 0 aliphatic carbocycles. The number of rotatable bonds is 4. The summed E-state index contributed by atoms with van der Waals surface area (Å²) >= 11 is 0. The van der Waals surface area contributed by atoms with Crippen LogP contribution in [0.25, 0.3) is 11.5 Å². The highest BCUT2D eigenvalue weighted by Crippen LogP contribution is 2.37. The first kappa shape index (κ1) is 24.5. The molecule has 0 saturated carbocycles. The van der Waals surface area contributed by atoms with Crippen molar-refractivity contribution >= 4 is 23.2 Å². The van der Waals surface area contributed by atoms with Crippen LogP contribution in [0.15, 0.2) is 66.7 Å². The predicted octanol–water partition coefficient (Wildman–Crippen LogP) is 3.67. The van der Waals surface area contributed by atoms with Gasteiger partial charge in [0.05, 0.1) is 16.7 Å². The summed E-state index contributed by atoms with van der Waals surface area (Å²) < 4.78 is 78.9. The van der Waals surface area contributed by atoms with E-state index in [1.807, 2.05) is 0 Å². The molecule has 3 aromatic rings. The summed E-state index contributed by atoms with van der Waals surface area (Å²) in [6, 6.07) is 12.8. The highest BCUT2D eigenvalue weighted by atomic mass is 19.4. The second kappa shape index (κ2) is 9.00. The van der Waals surface area contributed by atoms with Gasteiger partial charge in [-0.25, -0.2) is 4.79 Å². The third kappa shape index (κ3) is 5.42. The van der Waals surface area contributed by atoms with Gasteiger partial charge in [-0.05, 0) is 35.9 Å². The van der Waals surface area contributed by atoms with E-state index in [1.54, 1.807) is 18.2 Å². The number of hydrogen-bond donors (Lipinski definition) is 4. The van der Waals surface area contributed by atoms with Gasteiger partial charge in [0.15, 0.2) is 0 Å². The van der Waals surface area contributed by atoms with Crippen molar-refractivity contribution in [2.45, 2.75) is 12.4 Å². The van der Waals surface area contributed by atoms with Gasteiger partial charge in [0.25, 0.3) is 0 Å². The number of anilines is 1. The standard InChI is InChI=1S/C23H17F6N3O2/c24-22(25,26)14-9-15(23(27,28)29)11-16(10-14)32-20(31)18-4-2-1-3-17(18)19(30)12-5-7-13(8-6-12)21(33)34/h1-11,32H,30-31H2,(H,33,34)/b19-17-,20-18+. The number of nitrogens with two attached hydrogens (primary N) is 2. The van der Waals surface area contributed by atoms with Gasteiger partial charge in [-0.1, -0.05) is 36.4 Å². The lowest BCUT2D eigenvalue weighted by Gasteiger charge is -2.15. The Bertz CT molecular complexity index is 1310. The van der Waals surface area contributed by atoms with Crippen LogP contribution in [0.2, 0.25) is 0 Å². The minimum absolute atomic E-state index is 0.0157. The molecule has 0 aromatic heterocycles. The number of carboxylic acids is 1. The van der Waals surface area contributed by atoms with Crippen molar-refractivity contribution in [1.82, 2.24) is 0 Å². The van der Waals surface area contributed by atoms with E-state index >= 15 is 0 Å². The summed E-state index contributed by atoms with van der Waals surface area (Å²) in [5, 5.41) is 12.0. The van der Waals surface area contributed by atoms with Gasteiger partial charge in [-0.2, -0.15) is 26.3 Å². The van der Waals surface area contributed by atoms with Crippen molar-refractivity contribution in [2.24, 2.45) is 11.5 Å². The van der Waals surface area contributed by atoms with E-state index in [4.69, 9.17) is 16.6 Å². The monoisotopic (exact) mass is 481 g/mol. The number of carbonyl (C=O) groups is 1. The first-order chi connectivity index (χ1) is 15.8. The first-order valence-corrected chi connectivity index (χ1v) is 9.52. The molecule has 5 nitrogen and oxygen atoms in total. The molecule has 11 heteroatoms. The van der Waals surface area contributed by atoms with Gasteiger partial charge >= 0.3 is 18.3 Å². The Morgan fingerprint density at radius 3 is 1.68 bits per heavy atom. The lowest BCUT2D eigenvalue weighted by atomic mass is 10.1. The maximum Gasteiger partial charge on any atom is 0.416 e. The van der Waals surface area contributed by atoms with Crippen LogP contribution in [0.5, 0.6) is 0 Å². The summed E-state index contributed by atoms with van der Waals surface area (Å²) in [5.41, 5.74) is 9.37. The molecule has 0 fully saturated rings. The molecule has 0 aliphatic rings. The van der Waals surface area contributed by atoms with Crippen LogP contribution >= 0.6 is 0 Å². The molecule has 34 heavy (non-hydrogen) atoms. The van der Waals surface area contributed by atoms with Crippen LogP contribution < -0.4 is 27.2 Å². The predicted molar refractivity (Wildman–Crippen MR) is 113 cm³/mol. The summed E-state index contributed by atoms with van der Waals surface area (Å²) in [7, 11) is 0. The maximum absolute atomic E-state index is 13.1. The molecule has 0 atom stereocenters. The van der Waals surface area contributed by atoms with Crippen molar-refractivity contribution in [2.75, 3.05) is 5.32 Å². The van der Waals surface area contributed by atoms with E-state index < -0.39 is 35.1 Å². The third-order valence-corrected chi connectivity index (χ3v) is 4.82. The largest absolute Gasteiger partial charge is 0.478 e. The minimum atomic E-state index is -5.01. The Morgan fingerprint density at radius 1 is 0.735 bits per heavy atom. The summed E-state index contributed by atoms with van der Waals surface area (Å²) in [6.07, 6.45) is -10.0. The molecular formula is C23H17F6N3O2. The fourth-order valence-electron chi connectivity index (χ4n) is 3.15. The molecule has 0 heterocycles. The van der Waals surface area contributed by atoms with E-state index in [1.165, 1.54) is 30.3 Å². The highest BCUT2D eigenvalue weighted by molar-refractivity contribution is 5.88. The number of hydrogen-bond acceptors (Lipinski definition) is 4.